The molecule has 1 fully saturated rings. The van der Waals surface area contributed by atoms with Gasteiger partial charge in [0.15, 0.2) is 0 Å². The van der Waals surface area contributed by atoms with E-state index in [1.54, 1.807) is 17.0 Å². The van der Waals surface area contributed by atoms with Crippen molar-refractivity contribution in [2.24, 2.45) is 11.7 Å². The van der Waals surface area contributed by atoms with Crippen molar-refractivity contribution in [3.63, 3.8) is 0 Å². The second kappa shape index (κ2) is 5.93. The third-order valence-electron chi connectivity index (χ3n) is 4.49. The van der Waals surface area contributed by atoms with Gasteiger partial charge in [-0.2, -0.15) is 0 Å². The first-order chi connectivity index (χ1) is 10.6. The summed E-state index contributed by atoms with van der Waals surface area (Å²) < 4.78 is 0. The maximum Gasteiger partial charge on any atom is 0.270 e. The molecule has 1 saturated heterocycles. The minimum atomic E-state index is -0.226. The normalized spacial score (nSPS) is 22.0. The van der Waals surface area contributed by atoms with Crippen LogP contribution in [0.25, 0.3) is 10.8 Å². The van der Waals surface area contributed by atoms with E-state index in [9.17, 15) is 9.59 Å². The van der Waals surface area contributed by atoms with Gasteiger partial charge in [-0.25, -0.2) is 0 Å². The molecule has 2 atom stereocenters. The standard InChI is InChI=1S/C17H21N3O2/c1-11-6-7-20(13(8-11)10-18)17(22)15-9-12-4-2-3-5-14(12)16(21)19-15/h2-5,9,11,13H,6-8,10,18H2,1H3,(H,19,21). The number of rotatable bonds is 2. The monoisotopic (exact) mass is 299 g/mol. The van der Waals surface area contributed by atoms with Gasteiger partial charge in [-0.05, 0) is 36.3 Å². The van der Waals surface area contributed by atoms with Crippen molar-refractivity contribution in [3.05, 3.63) is 46.4 Å². The fourth-order valence-electron chi connectivity index (χ4n) is 3.22. The molecule has 0 bridgehead atoms. The van der Waals surface area contributed by atoms with Crippen LogP contribution in [-0.4, -0.2) is 34.9 Å². The predicted octanol–water partition coefficient (Wildman–Crippen LogP) is 1.73. The summed E-state index contributed by atoms with van der Waals surface area (Å²) in [5.74, 6) is 0.443. The molecule has 0 aliphatic carbocycles. The molecular weight excluding hydrogens is 278 g/mol. The number of benzene rings is 1. The molecule has 2 heterocycles. The Kier molecular flexibility index (Phi) is 3.98. The van der Waals surface area contributed by atoms with Gasteiger partial charge in [-0.1, -0.05) is 25.1 Å². The smallest absolute Gasteiger partial charge is 0.270 e. The topological polar surface area (TPSA) is 79.2 Å². The van der Waals surface area contributed by atoms with Crippen LogP contribution in [0.3, 0.4) is 0 Å². The van der Waals surface area contributed by atoms with Gasteiger partial charge in [-0.3, -0.25) is 9.59 Å². The van der Waals surface area contributed by atoms with Crippen LogP contribution >= 0.6 is 0 Å². The Morgan fingerprint density at radius 1 is 1.41 bits per heavy atom. The summed E-state index contributed by atoms with van der Waals surface area (Å²) in [5.41, 5.74) is 5.94. The van der Waals surface area contributed by atoms with Crippen molar-refractivity contribution in [1.82, 2.24) is 9.88 Å². The lowest BCUT2D eigenvalue weighted by molar-refractivity contribution is 0.0567. The molecule has 1 aromatic heterocycles. The Morgan fingerprint density at radius 3 is 2.95 bits per heavy atom. The van der Waals surface area contributed by atoms with Gasteiger partial charge in [-0.15, -0.1) is 0 Å². The molecule has 5 nitrogen and oxygen atoms in total. The molecule has 3 N–H and O–H groups in total. The van der Waals surface area contributed by atoms with E-state index in [-0.39, 0.29) is 17.5 Å². The summed E-state index contributed by atoms with van der Waals surface area (Å²) in [4.78, 5) is 29.4. The van der Waals surface area contributed by atoms with Crippen molar-refractivity contribution in [1.29, 1.82) is 0 Å². The molecule has 5 heteroatoms. The van der Waals surface area contributed by atoms with E-state index in [0.29, 0.717) is 30.1 Å². The van der Waals surface area contributed by atoms with Crippen LogP contribution < -0.4 is 11.3 Å². The van der Waals surface area contributed by atoms with Gasteiger partial charge in [0, 0.05) is 24.5 Å². The molecule has 3 rings (SSSR count). The number of fused-ring (bicyclic) bond motifs is 1. The average molecular weight is 299 g/mol. The Bertz CT molecular complexity index is 753. The third kappa shape index (κ3) is 2.64. The van der Waals surface area contributed by atoms with Gasteiger partial charge in [0.1, 0.15) is 5.69 Å². The second-order valence-electron chi connectivity index (χ2n) is 6.12. The lowest BCUT2D eigenvalue weighted by Gasteiger charge is -2.37. The molecule has 2 aromatic rings. The summed E-state index contributed by atoms with van der Waals surface area (Å²) in [6.45, 7) is 3.33. The number of hydrogen-bond donors (Lipinski definition) is 2. The summed E-state index contributed by atoms with van der Waals surface area (Å²) in [6, 6.07) is 9.08. The number of nitrogens with zero attached hydrogens (tertiary/aromatic N) is 1. The number of aromatic nitrogens is 1. The highest BCUT2D eigenvalue weighted by Gasteiger charge is 2.30. The molecule has 2 unspecified atom stereocenters. The number of nitrogens with one attached hydrogen (secondary N) is 1. The van der Waals surface area contributed by atoms with Crippen molar-refractivity contribution >= 4 is 16.7 Å². The van der Waals surface area contributed by atoms with Gasteiger partial charge >= 0.3 is 0 Å². The highest BCUT2D eigenvalue weighted by Crippen LogP contribution is 2.23. The van der Waals surface area contributed by atoms with E-state index >= 15 is 0 Å². The lowest BCUT2D eigenvalue weighted by Crippen LogP contribution is -2.49. The number of aromatic amines is 1. The van der Waals surface area contributed by atoms with Crippen LogP contribution in [0.4, 0.5) is 0 Å². The molecule has 22 heavy (non-hydrogen) atoms. The lowest BCUT2D eigenvalue weighted by atomic mass is 9.92. The molecule has 0 spiro atoms. The van der Waals surface area contributed by atoms with Crippen LogP contribution in [0.5, 0.6) is 0 Å². The molecule has 0 radical (unpaired) electrons. The first kappa shape index (κ1) is 14.8. The molecule has 1 aromatic carbocycles. The van der Waals surface area contributed by atoms with Gasteiger partial charge in [0.25, 0.3) is 11.5 Å². The number of nitrogens with two attached hydrogens (primary N) is 1. The number of piperidine rings is 1. The first-order valence-electron chi connectivity index (χ1n) is 7.73. The van der Waals surface area contributed by atoms with Gasteiger partial charge in [0.2, 0.25) is 0 Å². The van der Waals surface area contributed by atoms with Gasteiger partial charge < -0.3 is 15.6 Å². The number of hydrogen-bond acceptors (Lipinski definition) is 3. The average Bonchev–Trinajstić information content (AvgIpc) is 2.54. The number of pyridine rings is 1. The highest BCUT2D eigenvalue weighted by atomic mass is 16.2. The summed E-state index contributed by atoms with van der Waals surface area (Å²) in [7, 11) is 0. The van der Waals surface area contributed by atoms with Crippen molar-refractivity contribution in [2.45, 2.75) is 25.8 Å². The number of amides is 1. The van der Waals surface area contributed by atoms with E-state index in [2.05, 4.69) is 11.9 Å². The van der Waals surface area contributed by atoms with E-state index in [1.165, 1.54) is 0 Å². The Morgan fingerprint density at radius 2 is 2.18 bits per heavy atom. The van der Waals surface area contributed by atoms with E-state index in [4.69, 9.17) is 5.73 Å². The SMILES string of the molecule is CC1CCN(C(=O)c2cc3ccccc3c(=O)[nH]2)C(CN)C1. The van der Waals surface area contributed by atoms with Gasteiger partial charge in [0.05, 0.1) is 0 Å². The van der Waals surface area contributed by atoms with Crippen LogP contribution in [0, 0.1) is 5.92 Å². The summed E-state index contributed by atoms with van der Waals surface area (Å²) in [5, 5.41) is 1.38. The molecule has 0 saturated carbocycles. The highest BCUT2D eigenvalue weighted by molar-refractivity contribution is 5.96. The minimum absolute atomic E-state index is 0.0474. The second-order valence-corrected chi connectivity index (χ2v) is 6.12. The van der Waals surface area contributed by atoms with Crippen molar-refractivity contribution < 1.29 is 4.79 Å². The largest absolute Gasteiger partial charge is 0.333 e. The number of H-pyrrole nitrogens is 1. The molecule has 1 aliphatic rings. The Labute approximate surface area is 129 Å². The maximum absolute atomic E-state index is 12.8. The van der Waals surface area contributed by atoms with E-state index in [1.807, 2.05) is 18.2 Å². The number of carbonyl (C=O) groups is 1. The molecule has 1 amide bonds. The summed E-state index contributed by atoms with van der Waals surface area (Å²) in [6.07, 6.45) is 1.89. The van der Waals surface area contributed by atoms with Crippen LogP contribution in [0.15, 0.2) is 35.1 Å². The number of carbonyl (C=O) groups excluding carboxylic acids is 1. The fourth-order valence-corrected chi connectivity index (χ4v) is 3.22. The predicted molar refractivity (Wildman–Crippen MR) is 86.8 cm³/mol. The zero-order chi connectivity index (χ0) is 15.7. The van der Waals surface area contributed by atoms with E-state index < -0.39 is 0 Å². The molecule has 1 aliphatic heterocycles. The quantitative estimate of drug-likeness (QED) is 0.886. The van der Waals surface area contributed by atoms with E-state index in [0.717, 1.165) is 18.2 Å². The van der Waals surface area contributed by atoms with Crippen LogP contribution in [0.1, 0.15) is 30.3 Å². The van der Waals surface area contributed by atoms with Crippen LogP contribution in [0.2, 0.25) is 0 Å². The van der Waals surface area contributed by atoms with Crippen LogP contribution in [-0.2, 0) is 0 Å². The maximum atomic E-state index is 12.8. The third-order valence-corrected chi connectivity index (χ3v) is 4.49. The summed E-state index contributed by atoms with van der Waals surface area (Å²) >= 11 is 0. The first-order valence-corrected chi connectivity index (χ1v) is 7.73. The zero-order valence-electron chi connectivity index (χ0n) is 12.7. The zero-order valence-corrected chi connectivity index (χ0v) is 12.7. The molecule has 116 valence electrons. The minimum Gasteiger partial charge on any atom is -0.333 e. The van der Waals surface area contributed by atoms with Crippen molar-refractivity contribution in [3.8, 4) is 0 Å². The fraction of sp³-hybridized carbons (Fsp3) is 0.412. The Balaban J connectivity index is 1.96. The molecular formula is C17H21N3O2. The Hall–Kier alpha value is -2.14. The van der Waals surface area contributed by atoms with Crippen molar-refractivity contribution in [2.75, 3.05) is 13.1 Å². The number of likely N-dealkylation sites (tertiary alicyclic amines) is 1.